The molecule has 1 aromatic rings. The molecule has 0 aliphatic carbocycles. The Morgan fingerprint density at radius 2 is 2.04 bits per heavy atom. The maximum Gasteiger partial charge on any atom is 0.416 e. The van der Waals surface area contributed by atoms with E-state index >= 15 is 0 Å². The lowest BCUT2D eigenvalue weighted by atomic mass is 9.99. The molecule has 0 N–H and O–H groups in total. The molecule has 2 atom stereocenters. The van der Waals surface area contributed by atoms with Crippen LogP contribution in [-0.2, 0) is 25.5 Å². The fraction of sp³-hybridized carbons (Fsp3) is 0.389. The Bertz CT molecular complexity index is 640. The van der Waals surface area contributed by atoms with E-state index in [0.717, 1.165) is 10.5 Å². The van der Waals surface area contributed by atoms with Crippen LogP contribution in [0.5, 0.6) is 0 Å². The Balaban J connectivity index is 2.06. The molecule has 1 aliphatic heterocycles. The molecule has 0 saturated carbocycles. The summed E-state index contributed by atoms with van der Waals surface area (Å²) in [5, 5.41) is 0. The lowest BCUT2D eigenvalue weighted by Gasteiger charge is -2.23. The van der Waals surface area contributed by atoms with Crippen molar-refractivity contribution < 1.29 is 23.9 Å². The number of cyclic esters (lactones) is 1. The summed E-state index contributed by atoms with van der Waals surface area (Å²) < 4.78 is 9.63. The molecule has 2 amide bonds. The second-order valence-corrected chi connectivity index (χ2v) is 5.83. The van der Waals surface area contributed by atoms with Gasteiger partial charge in [-0.3, -0.25) is 4.79 Å². The van der Waals surface area contributed by atoms with E-state index < -0.39 is 18.0 Å². The highest BCUT2D eigenvalue weighted by atomic mass is 16.6. The zero-order valence-electron chi connectivity index (χ0n) is 13.9. The van der Waals surface area contributed by atoms with E-state index in [9.17, 15) is 14.4 Å². The highest BCUT2D eigenvalue weighted by Crippen LogP contribution is 2.22. The molecule has 6 nitrogen and oxygen atoms in total. The average molecular weight is 331 g/mol. The van der Waals surface area contributed by atoms with Gasteiger partial charge in [-0.15, -0.1) is 0 Å². The van der Waals surface area contributed by atoms with Crippen LogP contribution < -0.4 is 0 Å². The highest BCUT2D eigenvalue weighted by Gasteiger charge is 2.39. The Hall–Kier alpha value is -2.63. The zero-order chi connectivity index (χ0) is 17.7. The van der Waals surface area contributed by atoms with E-state index in [1.807, 2.05) is 30.3 Å². The Morgan fingerprint density at radius 3 is 2.67 bits per heavy atom. The van der Waals surface area contributed by atoms with Crippen molar-refractivity contribution in [1.29, 1.82) is 0 Å². The maximum absolute atomic E-state index is 12.6. The number of methoxy groups -OCH3 is 1. The summed E-state index contributed by atoms with van der Waals surface area (Å²) in [6, 6.07) is 9.25. The molecule has 1 aromatic carbocycles. The summed E-state index contributed by atoms with van der Waals surface area (Å²) >= 11 is 0. The molecule has 2 rings (SSSR count). The predicted octanol–water partition coefficient (Wildman–Crippen LogP) is 2.33. The molecule has 0 radical (unpaired) electrons. The van der Waals surface area contributed by atoms with Crippen molar-refractivity contribution in [2.24, 2.45) is 5.92 Å². The number of carbonyl (C=O) groups excluding carboxylic acids is 3. The molecule has 1 saturated heterocycles. The standard InChI is InChI=1S/C18H21NO5/c1-12(9-13(2)17(21)23-3)16(20)19-15(11-24-18(19)22)10-14-7-5-4-6-8-14/h4-8,12,15H,2,9-11H2,1,3H3/t12-,15+/m0/s1. The van der Waals surface area contributed by atoms with Gasteiger partial charge in [0, 0.05) is 11.5 Å². The van der Waals surface area contributed by atoms with E-state index in [1.165, 1.54) is 7.11 Å². The lowest BCUT2D eigenvalue weighted by molar-refractivity contribution is -0.136. The van der Waals surface area contributed by atoms with Crippen molar-refractivity contribution in [2.75, 3.05) is 13.7 Å². The number of benzene rings is 1. The van der Waals surface area contributed by atoms with Crippen LogP contribution >= 0.6 is 0 Å². The number of ether oxygens (including phenoxy) is 2. The minimum atomic E-state index is -0.642. The molecule has 0 spiro atoms. The van der Waals surface area contributed by atoms with Crippen molar-refractivity contribution in [3.8, 4) is 0 Å². The second-order valence-electron chi connectivity index (χ2n) is 5.83. The van der Waals surface area contributed by atoms with E-state index in [2.05, 4.69) is 11.3 Å². The van der Waals surface area contributed by atoms with Crippen molar-refractivity contribution in [3.63, 3.8) is 0 Å². The number of carbonyl (C=O) groups is 3. The van der Waals surface area contributed by atoms with Gasteiger partial charge < -0.3 is 9.47 Å². The monoisotopic (exact) mass is 331 g/mol. The fourth-order valence-electron chi connectivity index (χ4n) is 2.69. The summed E-state index contributed by atoms with van der Waals surface area (Å²) in [5.74, 6) is -1.50. The third kappa shape index (κ3) is 4.01. The van der Waals surface area contributed by atoms with Crippen LogP contribution in [0.15, 0.2) is 42.5 Å². The molecule has 0 unspecified atom stereocenters. The zero-order valence-corrected chi connectivity index (χ0v) is 13.9. The fourth-order valence-corrected chi connectivity index (χ4v) is 2.69. The lowest BCUT2D eigenvalue weighted by Crippen LogP contribution is -2.43. The van der Waals surface area contributed by atoms with E-state index in [1.54, 1.807) is 6.92 Å². The van der Waals surface area contributed by atoms with Crippen LogP contribution in [0.3, 0.4) is 0 Å². The predicted molar refractivity (Wildman–Crippen MR) is 87.1 cm³/mol. The molecular formula is C18H21NO5. The van der Waals surface area contributed by atoms with Crippen LogP contribution in [0.25, 0.3) is 0 Å². The Morgan fingerprint density at radius 1 is 1.38 bits per heavy atom. The minimum absolute atomic E-state index is 0.132. The SMILES string of the molecule is C=C(C[C@H](C)C(=O)N1C(=O)OC[C@H]1Cc1ccccc1)C(=O)OC. The molecule has 1 fully saturated rings. The maximum atomic E-state index is 12.6. The Labute approximate surface area is 141 Å². The molecule has 0 aromatic heterocycles. The van der Waals surface area contributed by atoms with Gasteiger partial charge >= 0.3 is 12.1 Å². The molecular weight excluding hydrogens is 310 g/mol. The molecule has 1 heterocycles. The summed E-state index contributed by atoms with van der Waals surface area (Å²) in [7, 11) is 1.26. The van der Waals surface area contributed by atoms with Gasteiger partial charge in [0.05, 0.1) is 13.2 Å². The van der Waals surface area contributed by atoms with Gasteiger partial charge in [-0.1, -0.05) is 43.8 Å². The quantitative estimate of drug-likeness (QED) is 0.591. The first kappa shape index (κ1) is 17.7. The topological polar surface area (TPSA) is 72.9 Å². The van der Waals surface area contributed by atoms with Gasteiger partial charge in [0.25, 0.3) is 0 Å². The largest absolute Gasteiger partial charge is 0.466 e. The smallest absolute Gasteiger partial charge is 0.416 e. The number of amides is 2. The molecule has 24 heavy (non-hydrogen) atoms. The van der Waals surface area contributed by atoms with Gasteiger partial charge in [-0.05, 0) is 18.4 Å². The number of hydrogen-bond donors (Lipinski definition) is 0. The van der Waals surface area contributed by atoms with Crippen LogP contribution in [0, 0.1) is 5.92 Å². The molecule has 0 bridgehead atoms. The third-order valence-electron chi connectivity index (χ3n) is 3.96. The Kier molecular flexibility index (Phi) is 5.73. The van der Waals surface area contributed by atoms with E-state index in [-0.39, 0.29) is 30.5 Å². The average Bonchev–Trinajstić information content (AvgIpc) is 2.94. The summed E-state index contributed by atoms with van der Waals surface area (Å²) in [4.78, 5) is 37.2. The number of hydrogen-bond acceptors (Lipinski definition) is 5. The van der Waals surface area contributed by atoms with Crippen LogP contribution in [0.2, 0.25) is 0 Å². The van der Waals surface area contributed by atoms with Gasteiger partial charge in [0.1, 0.15) is 6.61 Å². The van der Waals surface area contributed by atoms with Gasteiger partial charge in [0.15, 0.2) is 0 Å². The van der Waals surface area contributed by atoms with Crippen molar-refractivity contribution in [2.45, 2.75) is 25.8 Å². The minimum Gasteiger partial charge on any atom is -0.466 e. The third-order valence-corrected chi connectivity index (χ3v) is 3.96. The number of rotatable bonds is 6. The van der Waals surface area contributed by atoms with Crippen LogP contribution in [-0.4, -0.2) is 42.6 Å². The highest BCUT2D eigenvalue weighted by molar-refractivity contribution is 5.96. The van der Waals surface area contributed by atoms with Gasteiger partial charge in [-0.2, -0.15) is 0 Å². The first-order valence-electron chi connectivity index (χ1n) is 7.74. The van der Waals surface area contributed by atoms with E-state index in [0.29, 0.717) is 6.42 Å². The van der Waals surface area contributed by atoms with Crippen molar-refractivity contribution in [3.05, 3.63) is 48.0 Å². The van der Waals surface area contributed by atoms with Gasteiger partial charge in [0.2, 0.25) is 5.91 Å². The first-order chi connectivity index (χ1) is 11.4. The van der Waals surface area contributed by atoms with Crippen molar-refractivity contribution in [1.82, 2.24) is 4.90 Å². The van der Waals surface area contributed by atoms with Crippen molar-refractivity contribution >= 4 is 18.0 Å². The summed E-state index contributed by atoms with van der Waals surface area (Å²) in [6.45, 7) is 5.44. The van der Waals surface area contributed by atoms with Gasteiger partial charge in [-0.25, -0.2) is 14.5 Å². The molecule has 1 aliphatic rings. The van der Waals surface area contributed by atoms with Crippen LogP contribution in [0.4, 0.5) is 4.79 Å². The summed E-state index contributed by atoms with van der Waals surface area (Å²) in [6.07, 6.45) is 0.0209. The molecule has 128 valence electrons. The van der Waals surface area contributed by atoms with Crippen LogP contribution in [0.1, 0.15) is 18.9 Å². The second kappa shape index (κ2) is 7.77. The normalized spacial score (nSPS) is 18.0. The number of esters is 1. The summed E-state index contributed by atoms with van der Waals surface area (Å²) in [5.41, 5.74) is 1.22. The number of imide groups is 1. The molecule has 6 heteroatoms. The number of nitrogens with zero attached hydrogens (tertiary/aromatic N) is 1. The first-order valence-corrected chi connectivity index (χ1v) is 7.74. The van der Waals surface area contributed by atoms with E-state index in [4.69, 9.17) is 4.74 Å².